The Morgan fingerprint density at radius 1 is 1.20 bits per heavy atom. The van der Waals surface area contributed by atoms with Crippen molar-refractivity contribution in [2.45, 2.75) is 24.9 Å². The second-order valence-corrected chi connectivity index (χ2v) is 5.18. The summed E-state index contributed by atoms with van der Waals surface area (Å²) in [4.78, 5) is 0. The molecule has 0 bridgehead atoms. The Balaban J connectivity index is 1.80. The molecule has 1 N–H and O–H groups in total. The molecule has 0 amide bonds. The molecule has 2 aromatic carbocycles. The molecule has 0 radical (unpaired) electrons. The summed E-state index contributed by atoms with van der Waals surface area (Å²) in [5, 5.41) is 10.5. The third-order valence-electron chi connectivity index (χ3n) is 3.80. The van der Waals surface area contributed by atoms with Crippen molar-refractivity contribution in [2.24, 2.45) is 0 Å². The number of halogens is 1. The van der Waals surface area contributed by atoms with E-state index in [1.165, 1.54) is 12.1 Å². The van der Waals surface area contributed by atoms with Crippen LogP contribution < -0.4 is 4.74 Å². The van der Waals surface area contributed by atoms with Crippen LogP contribution in [0.4, 0.5) is 4.39 Å². The van der Waals surface area contributed by atoms with E-state index in [1.54, 1.807) is 6.07 Å². The van der Waals surface area contributed by atoms with Crippen molar-refractivity contribution in [2.75, 3.05) is 6.61 Å². The first-order chi connectivity index (χ1) is 9.74. The van der Waals surface area contributed by atoms with E-state index in [0.29, 0.717) is 13.0 Å². The van der Waals surface area contributed by atoms with E-state index < -0.39 is 6.10 Å². The predicted molar refractivity (Wildman–Crippen MR) is 75.4 cm³/mol. The van der Waals surface area contributed by atoms with E-state index >= 15 is 0 Å². The summed E-state index contributed by atoms with van der Waals surface area (Å²) in [5.74, 6) is 0.632. The van der Waals surface area contributed by atoms with Gasteiger partial charge in [0, 0.05) is 5.92 Å². The number of hydrogen-bond acceptors (Lipinski definition) is 2. The molecule has 0 aliphatic carbocycles. The number of aliphatic hydroxyl groups excluding tert-OH is 1. The number of hydrogen-bond donors (Lipinski definition) is 1. The molecule has 1 aliphatic heterocycles. The Bertz CT molecular complexity index is 597. The monoisotopic (exact) mass is 272 g/mol. The number of para-hydroxylation sites is 1. The smallest absolute Gasteiger partial charge is 0.123 e. The standard InChI is InChI=1S/C17H17FO2/c18-13-5-3-4-12(10-13)11-16(19)14-8-9-20-17-7-2-1-6-15(14)17/h1-7,10,14,16,19H,8-9,11H2. The molecule has 3 rings (SSSR count). The van der Waals surface area contributed by atoms with Gasteiger partial charge in [-0.3, -0.25) is 0 Å². The van der Waals surface area contributed by atoms with Gasteiger partial charge in [0.05, 0.1) is 12.7 Å². The van der Waals surface area contributed by atoms with Crippen LogP contribution in [0.15, 0.2) is 48.5 Å². The van der Waals surface area contributed by atoms with Crippen LogP contribution in [0.3, 0.4) is 0 Å². The van der Waals surface area contributed by atoms with E-state index in [4.69, 9.17) is 4.74 Å². The van der Waals surface area contributed by atoms with Crippen LogP contribution in [0.5, 0.6) is 5.75 Å². The molecule has 2 aromatic rings. The fourth-order valence-electron chi connectivity index (χ4n) is 2.82. The van der Waals surface area contributed by atoms with Gasteiger partial charge in [-0.25, -0.2) is 4.39 Å². The number of aliphatic hydroxyl groups is 1. The lowest BCUT2D eigenvalue weighted by atomic mass is 9.85. The van der Waals surface area contributed by atoms with Gasteiger partial charge in [0.2, 0.25) is 0 Å². The maximum Gasteiger partial charge on any atom is 0.123 e. The van der Waals surface area contributed by atoms with Gasteiger partial charge in [-0.05, 0) is 42.2 Å². The molecule has 3 heteroatoms. The van der Waals surface area contributed by atoms with Gasteiger partial charge < -0.3 is 9.84 Å². The zero-order chi connectivity index (χ0) is 13.9. The van der Waals surface area contributed by atoms with Crippen molar-refractivity contribution in [1.82, 2.24) is 0 Å². The van der Waals surface area contributed by atoms with Crippen LogP contribution in [0, 0.1) is 5.82 Å². The highest BCUT2D eigenvalue weighted by Gasteiger charge is 2.27. The maximum absolute atomic E-state index is 13.2. The average Bonchev–Trinajstić information content (AvgIpc) is 2.46. The van der Waals surface area contributed by atoms with E-state index in [1.807, 2.05) is 30.3 Å². The minimum absolute atomic E-state index is 0.0446. The van der Waals surface area contributed by atoms with Gasteiger partial charge in [0.25, 0.3) is 0 Å². The van der Waals surface area contributed by atoms with Gasteiger partial charge in [-0.15, -0.1) is 0 Å². The second-order valence-electron chi connectivity index (χ2n) is 5.18. The van der Waals surface area contributed by atoms with Crippen molar-refractivity contribution in [3.8, 4) is 5.75 Å². The van der Waals surface area contributed by atoms with Crippen LogP contribution in [0.2, 0.25) is 0 Å². The minimum Gasteiger partial charge on any atom is -0.493 e. The summed E-state index contributed by atoms with van der Waals surface area (Å²) < 4.78 is 18.8. The molecule has 1 aliphatic rings. The number of fused-ring (bicyclic) bond motifs is 1. The number of rotatable bonds is 3. The van der Waals surface area contributed by atoms with E-state index in [-0.39, 0.29) is 11.7 Å². The summed E-state index contributed by atoms with van der Waals surface area (Å²) in [6, 6.07) is 14.2. The number of benzene rings is 2. The van der Waals surface area contributed by atoms with Crippen molar-refractivity contribution >= 4 is 0 Å². The van der Waals surface area contributed by atoms with E-state index in [9.17, 15) is 9.50 Å². The molecule has 2 nitrogen and oxygen atoms in total. The largest absolute Gasteiger partial charge is 0.493 e. The van der Waals surface area contributed by atoms with E-state index in [0.717, 1.165) is 23.3 Å². The third-order valence-corrected chi connectivity index (χ3v) is 3.80. The Morgan fingerprint density at radius 2 is 2.05 bits per heavy atom. The van der Waals surface area contributed by atoms with Crippen molar-refractivity contribution < 1.29 is 14.2 Å². The molecule has 104 valence electrons. The van der Waals surface area contributed by atoms with Gasteiger partial charge >= 0.3 is 0 Å². The first-order valence-corrected chi connectivity index (χ1v) is 6.88. The molecular formula is C17H17FO2. The van der Waals surface area contributed by atoms with Crippen LogP contribution in [-0.4, -0.2) is 17.8 Å². The highest BCUT2D eigenvalue weighted by Crippen LogP contribution is 2.36. The zero-order valence-corrected chi connectivity index (χ0v) is 11.1. The Hall–Kier alpha value is -1.87. The molecule has 1 heterocycles. The van der Waals surface area contributed by atoms with Crippen molar-refractivity contribution in [1.29, 1.82) is 0 Å². The summed E-state index contributed by atoms with van der Waals surface area (Å²) >= 11 is 0. The highest BCUT2D eigenvalue weighted by atomic mass is 19.1. The Kier molecular flexibility index (Phi) is 3.70. The summed E-state index contributed by atoms with van der Waals surface area (Å²) in [6.45, 7) is 0.613. The lowest BCUT2D eigenvalue weighted by molar-refractivity contribution is 0.116. The molecule has 20 heavy (non-hydrogen) atoms. The third kappa shape index (κ3) is 2.68. The molecule has 2 atom stereocenters. The average molecular weight is 272 g/mol. The lowest BCUT2D eigenvalue weighted by Gasteiger charge is -2.29. The Labute approximate surface area is 117 Å². The fourth-order valence-corrected chi connectivity index (χ4v) is 2.82. The SMILES string of the molecule is OC(Cc1cccc(F)c1)C1CCOc2ccccc21. The summed E-state index contributed by atoms with van der Waals surface area (Å²) in [7, 11) is 0. The molecule has 0 fully saturated rings. The molecule has 0 spiro atoms. The summed E-state index contributed by atoms with van der Waals surface area (Å²) in [5.41, 5.74) is 1.86. The van der Waals surface area contributed by atoms with Gasteiger partial charge in [0.1, 0.15) is 11.6 Å². The molecular weight excluding hydrogens is 255 g/mol. The van der Waals surface area contributed by atoms with Crippen LogP contribution in [0.1, 0.15) is 23.5 Å². The normalized spacial score (nSPS) is 19.0. The molecule has 2 unspecified atom stereocenters. The Morgan fingerprint density at radius 3 is 2.90 bits per heavy atom. The van der Waals surface area contributed by atoms with Gasteiger partial charge in [-0.1, -0.05) is 30.3 Å². The first kappa shape index (κ1) is 13.1. The van der Waals surface area contributed by atoms with E-state index in [2.05, 4.69) is 0 Å². The predicted octanol–water partition coefficient (Wildman–Crippen LogP) is 3.30. The minimum atomic E-state index is -0.526. The maximum atomic E-state index is 13.2. The van der Waals surface area contributed by atoms with Gasteiger partial charge in [-0.2, -0.15) is 0 Å². The molecule has 0 saturated carbocycles. The molecule has 0 saturated heterocycles. The van der Waals surface area contributed by atoms with Crippen molar-refractivity contribution in [3.63, 3.8) is 0 Å². The first-order valence-electron chi connectivity index (χ1n) is 6.88. The van der Waals surface area contributed by atoms with Crippen LogP contribution in [0.25, 0.3) is 0 Å². The number of ether oxygens (including phenoxy) is 1. The van der Waals surface area contributed by atoms with Crippen LogP contribution >= 0.6 is 0 Å². The van der Waals surface area contributed by atoms with Crippen molar-refractivity contribution in [3.05, 3.63) is 65.5 Å². The second kappa shape index (κ2) is 5.63. The van der Waals surface area contributed by atoms with Gasteiger partial charge in [0.15, 0.2) is 0 Å². The van der Waals surface area contributed by atoms with Crippen LogP contribution in [-0.2, 0) is 6.42 Å². The topological polar surface area (TPSA) is 29.5 Å². The zero-order valence-electron chi connectivity index (χ0n) is 11.1. The molecule has 0 aromatic heterocycles. The fraction of sp³-hybridized carbons (Fsp3) is 0.294. The lowest BCUT2D eigenvalue weighted by Crippen LogP contribution is -2.26. The highest BCUT2D eigenvalue weighted by molar-refractivity contribution is 5.38. The summed E-state index contributed by atoms with van der Waals surface area (Å²) in [6.07, 6.45) is 0.714. The quantitative estimate of drug-likeness (QED) is 0.929.